The highest BCUT2D eigenvalue weighted by Gasteiger charge is 2.22. The average molecular weight is 478 g/mol. The van der Waals surface area contributed by atoms with E-state index < -0.39 is 4.92 Å². The minimum atomic E-state index is -0.395. The van der Waals surface area contributed by atoms with Crippen molar-refractivity contribution in [2.45, 2.75) is 57.6 Å². The van der Waals surface area contributed by atoms with Crippen molar-refractivity contribution in [3.8, 4) is 11.5 Å². The number of rotatable bonds is 8. The van der Waals surface area contributed by atoms with Gasteiger partial charge < -0.3 is 19.7 Å². The van der Waals surface area contributed by atoms with E-state index in [1.54, 1.807) is 19.2 Å². The third-order valence-electron chi connectivity index (χ3n) is 6.81. The maximum absolute atomic E-state index is 10.9. The molecule has 9 heteroatoms. The number of piperidine rings is 1. The van der Waals surface area contributed by atoms with Gasteiger partial charge in [0.1, 0.15) is 5.82 Å². The minimum absolute atomic E-state index is 0.0758. The van der Waals surface area contributed by atoms with Gasteiger partial charge in [-0.05, 0) is 56.6 Å². The van der Waals surface area contributed by atoms with E-state index in [9.17, 15) is 10.1 Å². The average Bonchev–Trinajstić information content (AvgIpc) is 3.40. The fraction of sp³-hybridized carbons (Fsp3) is 0.462. The number of nitrogens with one attached hydrogen (secondary N) is 1. The Kier molecular flexibility index (Phi) is 6.83. The van der Waals surface area contributed by atoms with E-state index in [4.69, 9.17) is 19.4 Å². The zero-order valence-corrected chi connectivity index (χ0v) is 20.0. The van der Waals surface area contributed by atoms with Crippen LogP contribution in [0.5, 0.6) is 11.5 Å². The molecular formula is C26H31N5O4. The molecule has 3 aromatic rings. The summed E-state index contributed by atoms with van der Waals surface area (Å²) in [6.45, 7) is 2.37. The van der Waals surface area contributed by atoms with E-state index >= 15 is 0 Å². The summed E-state index contributed by atoms with van der Waals surface area (Å²) in [4.78, 5) is 22.6. The number of non-ortho nitro benzene ring substituents is 1. The van der Waals surface area contributed by atoms with Gasteiger partial charge in [0.15, 0.2) is 11.5 Å². The van der Waals surface area contributed by atoms with Crippen LogP contribution in [0.1, 0.15) is 50.5 Å². The van der Waals surface area contributed by atoms with Gasteiger partial charge in [0.25, 0.3) is 5.69 Å². The minimum Gasteiger partial charge on any atom is -0.493 e. The van der Waals surface area contributed by atoms with Crippen molar-refractivity contribution in [2.24, 2.45) is 0 Å². The number of hydrogen-bond donors (Lipinski definition) is 1. The van der Waals surface area contributed by atoms with Gasteiger partial charge in [-0.3, -0.25) is 10.1 Å². The Bertz CT molecular complexity index is 1190. The highest BCUT2D eigenvalue weighted by Crippen LogP contribution is 2.38. The predicted molar refractivity (Wildman–Crippen MR) is 135 cm³/mol. The lowest BCUT2D eigenvalue weighted by molar-refractivity contribution is -0.384. The van der Waals surface area contributed by atoms with Crippen molar-refractivity contribution < 1.29 is 14.4 Å². The smallest absolute Gasteiger partial charge is 0.269 e. The van der Waals surface area contributed by atoms with E-state index in [0.717, 1.165) is 66.8 Å². The topological polar surface area (TPSA) is 103 Å². The lowest BCUT2D eigenvalue weighted by Gasteiger charge is -2.29. The Morgan fingerprint density at radius 2 is 1.77 bits per heavy atom. The molecule has 1 saturated carbocycles. The van der Waals surface area contributed by atoms with Crippen LogP contribution in [0, 0.1) is 10.1 Å². The molecule has 1 aliphatic carbocycles. The summed E-state index contributed by atoms with van der Waals surface area (Å²) in [6.07, 6.45) is 8.22. The van der Waals surface area contributed by atoms with E-state index in [-0.39, 0.29) is 11.8 Å². The zero-order valence-electron chi connectivity index (χ0n) is 20.0. The maximum atomic E-state index is 10.9. The van der Waals surface area contributed by atoms with Crippen molar-refractivity contribution in [1.29, 1.82) is 0 Å². The Hall–Kier alpha value is -3.62. The zero-order chi connectivity index (χ0) is 24.2. The standard InChI is InChI=1S/C26H31N5O4/c1-34-23-15-21-22(16-24(23)35-20-7-3-4-8-20)28-26(29-25(21)30-13-5-2-6-14-30)27-17-18-9-11-19(12-10-18)31(32)33/h9-12,15-16,20H,2-8,13-14,17H2,1H3,(H,27,28,29). The largest absolute Gasteiger partial charge is 0.493 e. The molecule has 1 N–H and O–H groups in total. The molecular weight excluding hydrogens is 446 g/mol. The lowest BCUT2D eigenvalue weighted by Crippen LogP contribution is -2.30. The Morgan fingerprint density at radius 3 is 2.46 bits per heavy atom. The van der Waals surface area contributed by atoms with Crippen LogP contribution in [0.15, 0.2) is 36.4 Å². The molecule has 0 radical (unpaired) electrons. The monoisotopic (exact) mass is 477 g/mol. The molecule has 9 nitrogen and oxygen atoms in total. The molecule has 35 heavy (non-hydrogen) atoms. The molecule has 2 aliphatic rings. The second kappa shape index (κ2) is 10.3. The molecule has 184 valence electrons. The van der Waals surface area contributed by atoms with Gasteiger partial charge in [0.2, 0.25) is 5.95 Å². The van der Waals surface area contributed by atoms with Gasteiger partial charge in [-0.1, -0.05) is 12.1 Å². The quantitative estimate of drug-likeness (QED) is 0.336. The van der Waals surface area contributed by atoms with Crippen LogP contribution < -0.4 is 19.7 Å². The number of nitro groups is 1. The molecule has 1 aromatic heterocycles. The molecule has 0 amide bonds. The number of nitrogens with zero attached hydrogens (tertiary/aromatic N) is 4. The number of hydrogen-bond acceptors (Lipinski definition) is 8. The van der Waals surface area contributed by atoms with Gasteiger partial charge >= 0.3 is 0 Å². The molecule has 2 heterocycles. The molecule has 2 fully saturated rings. The molecule has 0 spiro atoms. The van der Waals surface area contributed by atoms with Crippen LogP contribution >= 0.6 is 0 Å². The first-order valence-electron chi connectivity index (χ1n) is 12.4. The number of ether oxygens (including phenoxy) is 2. The van der Waals surface area contributed by atoms with Crippen molar-refractivity contribution in [1.82, 2.24) is 9.97 Å². The van der Waals surface area contributed by atoms with Gasteiger partial charge in [0, 0.05) is 43.2 Å². The number of nitro benzene ring substituents is 1. The summed E-state index contributed by atoms with van der Waals surface area (Å²) in [5, 5.41) is 15.2. The van der Waals surface area contributed by atoms with E-state index in [1.165, 1.54) is 31.4 Å². The number of fused-ring (bicyclic) bond motifs is 1. The van der Waals surface area contributed by atoms with Crippen molar-refractivity contribution >= 4 is 28.4 Å². The summed E-state index contributed by atoms with van der Waals surface area (Å²) < 4.78 is 12.0. The van der Waals surface area contributed by atoms with Gasteiger partial charge in [-0.2, -0.15) is 4.98 Å². The van der Waals surface area contributed by atoms with Crippen LogP contribution in [0.25, 0.3) is 10.9 Å². The van der Waals surface area contributed by atoms with Crippen LogP contribution in [0.4, 0.5) is 17.5 Å². The third-order valence-corrected chi connectivity index (χ3v) is 6.81. The molecule has 2 aromatic carbocycles. The summed E-state index contributed by atoms with van der Waals surface area (Å²) in [5.41, 5.74) is 1.80. The van der Waals surface area contributed by atoms with Gasteiger partial charge in [0.05, 0.1) is 23.7 Å². The lowest BCUT2D eigenvalue weighted by atomic mass is 10.1. The Labute approximate surface area is 204 Å². The highest BCUT2D eigenvalue weighted by atomic mass is 16.6. The molecule has 1 aliphatic heterocycles. The van der Waals surface area contributed by atoms with Crippen LogP contribution in [-0.2, 0) is 6.54 Å². The Morgan fingerprint density at radius 1 is 1.03 bits per heavy atom. The second-order valence-corrected chi connectivity index (χ2v) is 9.24. The molecule has 5 rings (SSSR count). The molecule has 1 saturated heterocycles. The molecule has 0 bridgehead atoms. The number of benzene rings is 2. The van der Waals surface area contributed by atoms with Crippen LogP contribution in [0.3, 0.4) is 0 Å². The molecule has 0 atom stereocenters. The predicted octanol–water partition coefficient (Wildman–Crippen LogP) is 5.47. The summed E-state index contributed by atoms with van der Waals surface area (Å²) in [5.74, 6) is 2.84. The first-order chi connectivity index (χ1) is 17.1. The van der Waals surface area contributed by atoms with E-state index in [0.29, 0.717) is 18.2 Å². The third kappa shape index (κ3) is 5.23. The van der Waals surface area contributed by atoms with Crippen molar-refractivity contribution in [2.75, 3.05) is 30.4 Å². The number of aromatic nitrogens is 2. The Balaban J connectivity index is 1.48. The van der Waals surface area contributed by atoms with Crippen molar-refractivity contribution in [3.05, 3.63) is 52.1 Å². The van der Waals surface area contributed by atoms with Gasteiger partial charge in [-0.25, -0.2) is 4.98 Å². The molecule has 0 unspecified atom stereocenters. The second-order valence-electron chi connectivity index (χ2n) is 9.24. The fourth-order valence-corrected chi connectivity index (χ4v) is 4.90. The maximum Gasteiger partial charge on any atom is 0.269 e. The SMILES string of the molecule is COc1cc2c(N3CCCCC3)nc(NCc3ccc([N+](=O)[O-])cc3)nc2cc1OC1CCCC1. The first kappa shape index (κ1) is 23.1. The van der Waals surface area contributed by atoms with Crippen LogP contribution in [-0.4, -0.2) is 41.2 Å². The highest BCUT2D eigenvalue weighted by molar-refractivity contribution is 5.93. The number of methoxy groups -OCH3 is 1. The van der Waals surface area contributed by atoms with Crippen LogP contribution in [0.2, 0.25) is 0 Å². The fourth-order valence-electron chi connectivity index (χ4n) is 4.90. The summed E-state index contributed by atoms with van der Waals surface area (Å²) >= 11 is 0. The normalized spacial score (nSPS) is 16.4. The summed E-state index contributed by atoms with van der Waals surface area (Å²) in [6, 6.07) is 10.5. The van der Waals surface area contributed by atoms with E-state index in [1.807, 2.05) is 12.1 Å². The summed E-state index contributed by atoms with van der Waals surface area (Å²) in [7, 11) is 1.67. The van der Waals surface area contributed by atoms with Gasteiger partial charge in [-0.15, -0.1) is 0 Å². The number of anilines is 2. The van der Waals surface area contributed by atoms with E-state index in [2.05, 4.69) is 10.2 Å². The van der Waals surface area contributed by atoms with Crippen molar-refractivity contribution in [3.63, 3.8) is 0 Å². The first-order valence-corrected chi connectivity index (χ1v) is 12.4.